The first kappa shape index (κ1) is 13.5. The third-order valence-electron chi connectivity index (χ3n) is 4.25. The molecule has 112 valence electrons. The van der Waals surface area contributed by atoms with E-state index < -0.39 is 5.72 Å². The third kappa shape index (κ3) is 1.95. The molecule has 2 bridgehead atoms. The van der Waals surface area contributed by atoms with E-state index in [0.29, 0.717) is 11.4 Å². The van der Waals surface area contributed by atoms with E-state index in [1.165, 1.54) is 0 Å². The van der Waals surface area contributed by atoms with Crippen LogP contribution in [0.5, 0.6) is 5.75 Å². The van der Waals surface area contributed by atoms with Gasteiger partial charge in [-0.2, -0.15) is 0 Å². The quantitative estimate of drug-likeness (QED) is 0.860. The number of nitrogens with one attached hydrogen (secondary N) is 1. The molecule has 0 unspecified atom stereocenters. The summed E-state index contributed by atoms with van der Waals surface area (Å²) in [5.74, 6) is 0.768. The molecule has 4 rings (SSSR count). The largest absolute Gasteiger partial charge is 0.467 e. The highest BCUT2D eigenvalue weighted by atomic mass is 35.5. The third-order valence-corrected chi connectivity index (χ3v) is 4.48. The molecule has 2 aliphatic heterocycles. The Morgan fingerprint density at radius 2 is 2.05 bits per heavy atom. The van der Waals surface area contributed by atoms with Crippen LogP contribution in [-0.2, 0) is 0 Å². The summed E-state index contributed by atoms with van der Waals surface area (Å²) in [5.41, 5.74) is 1.04. The molecule has 5 heteroatoms. The van der Waals surface area contributed by atoms with Crippen molar-refractivity contribution in [2.75, 3.05) is 4.90 Å². The van der Waals surface area contributed by atoms with E-state index in [9.17, 15) is 4.79 Å². The molecule has 0 saturated carbocycles. The van der Waals surface area contributed by atoms with Crippen molar-refractivity contribution in [3.63, 3.8) is 0 Å². The number of carbonyl (C=O) groups excluding carboxylic acids is 1. The number of hydrogen-bond acceptors (Lipinski definition) is 2. The Kier molecular flexibility index (Phi) is 2.84. The molecular formula is C17H15ClN2O2. The fourth-order valence-electron chi connectivity index (χ4n) is 3.31. The Morgan fingerprint density at radius 3 is 2.82 bits per heavy atom. The summed E-state index contributed by atoms with van der Waals surface area (Å²) in [4.78, 5) is 14.3. The number of anilines is 1. The van der Waals surface area contributed by atoms with E-state index in [0.717, 1.165) is 17.0 Å². The Bertz CT molecular complexity index is 750. The first-order valence-corrected chi connectivity index (χ1v) is 7.59. The molecule has 0 aliphatic carbocycles. The van der Waals surface area contributed by atoms with Gasteiger partial charge < -0.3 is 10.1 Å². The topological polar surface area (TPSA) is 41.6 Å². The number of rotatable bonds is 1. The molecule has 22 heavy (non-hydrogen) atoms. The highest BCUT2D eigenvalue weighted by Crippen LogP contribution is 2.46. The standard InChI is InChI=1S/C17H15ClN2O2/c1-17-10-14(13-9-11(18)7-8-15(13)22-17)19-16(21)20(17)12-5-3-2-4-6-12/h2-9,14H,10H2,1H3,(H,19,21)/t14-,17+/m0/s1. The molecule has 0 aromatic heterocycles. The predicted octanol–water partition coefficient (Wildman–Crippen LogP) is 4.11. The monoisotopic (exact) mass is 314 g/mol. The zero-order valence-corrected chi connectivity index (χ0v) is 12.8. The number of amides is 2. The normalized spacial score (nSPS) is 26.0. The van der Waals surface area contributed by atoms with Crippen LogP contribution in [0, 0.1) is 0 Å². The lowest BCUT2D eigenvalue weighted by Gasteiger charge is -2.50. The average Bonchev–Trinajstić information content (AvgIpc) is 2.48. The summed E-state index contributed by atoms with van der Waals surface area (Å²) in [6.07, 6.45) is 0.668. The molecule has 0 radical (unpaired) electrons. The van der Waals surface area contributed by atoms with Gasteiger partial charge in [0.25, 0.3) is 0 Å². The molecule has 1 fully saturated rings. The number of halogens is 1. The summed E-state index contributed by atoms with van der Waals surface area (Å²) in [7, 11) is 0. The van der Waals surface area contributed by atoms with Crippen molar-refractivity contribution >= 4 is 23.3 Å². The van der Waals surface area contributed by atoms with Gasteiger partial charge in [0.1, 0.15) is 5.75 Å². The van der Waals surface area contributed by atoms with Gasteiger partial charge in [-0.05, 0) is 37.3 Å². The second kappa shape index (κ2) is 4.65. The molecule has 4 nitrogen and oxygen atoms in total. The summed E-state index contributed by atoms with van der Waals surface area (Å²) >= 11 is 6.07. The van der Waals surface area contributed by atoms with Gasteiger partial charge in [0.05, 0.1) is 6.04 Å². The van der Waals surface area contributed by atoms with Gasteiger partial charge in [0, 0.05) is 22.7 Å². The van der Waals surface area contributed by atoms with Crippen molar-refractivity contribution in [1.82, 2.24) is 5.32 Å². The van der Waals surface area contributed by atoms with Crippen LogP contribution in [-0.4, -0.2) is 11.8 Å². The number of ether oxygens (including phenoxy) is 1. The second-order valence-electron chi connectivity index (χ2n) is 5.84. The molecule has 1 N–H and O–H groups in total. The smallest absolute Gasteiger partial charge is 0.325 e. The van der Waals surface area contributed by atoms with Crippen LogP contribution >= 0.6 is 11.6 Å². The van der Waals surface area contributed by atoms with Gasteiger partial charge in [0.2, 0.25) is 0 Å². The zero-order valence-electron chi connectivity index (χ0n) is 12.0. The number of hydrogen-bond donors (Lipinski definition) is 1. The molecule has 2 amide bonds. The van der Waals surface area contributed by atoms with Gasteiger partial charge in [-0.25, -0.2) is 4.79 Å². The van der Waals surface area contributed by atoms with Crippen molar-refractivity contribution in [2.24, 2.45) is 0 Å². The Morgan fingerprint density at radius 1 is 1.27 bits per heavy atom. The zero-order chi connectivity index (χ0) is 15.3. The van der Waals surface area contributed by atoms with E-state index in [-0.39, 0.29) is 12.1 Å². The minimum Gasteiger partial charge on any atom is -0.467 e. The molecule has 1 saturated heterocycles. The lowest BCUT2D eigenvalue weighted by Crippen LogP contribution is -2.65. The second-order valence-corrected chi connectivity index (χ2v) is 6.27. The summed E-state index contributed by atoms with van der Waals surface area (Å²) < 4.78 is 6.19. The van der Waals surface area contributed by atoms with Gasteiger partial charge in [-0.1, -0.05) is 29.8 Å². The number of benzene rings is 2. The molecule has 2 aliphatic rings. The van der Waals surface area contributed by atoms with Crippen LogP contribution in [0.1, 0.15) is 24.9 Å². The predicted molar refractivity (Wildman–Crippen MR) is 85.3 cm³/mol. The number of carbonyl (C=O) groups is 1. The Hall–Kier alpha value is -2.20. The molecule has 2 atom stereocenters. The van der Waals surface area contributed by atoms with E-state index in [2.05, 4.69) is 5.32 Å². The maximum Gasteiger partial charge on any atom is 0.325 e. The molecule has 2 aromatic carbocycles. The first-order chi connectivity index (χ1) is 10.6. The van der Waals surface area contributed by atoms with Crippen LogP contribution in [0.2, 0.25) is 5.02 Å². The fourth-order valence-corrected chi connectivity index (χ4v) is 3.49. The Labute approximate surface area is 133 Å². The van der Waals surface area contributed by atoms with Crippen LogP contribution in [0.3, 0.4) is 0 Å². The van der Waals surface area contributed by atoms with Gasteiger partial charge in [-0.15, -0.1) is 0 Å². The number of nitrogens with zero attached hydrogens (tertiary/aromatic N) is 1. The fraction of sp³-hybridized carbons (Fsp3) is 0.235. The number of para-hydroxylation sites is 1. The molecule has 0 spiro atoms. The SMILES string of the molecule is C[C@@]12C[C@H](NC(=O)N1c1ccccc1)c1cc(Cl)ccc1O2. The van der Waals surface area contributed by atoms with Gasteiger partial charge >= 0.3 is 6.03 Å². The van der Waals surface area contributed by atoms with Gasteiger partial charge in [-0.3, -0.25) is 4.90 Å². The van der Waals surface area contributed by atoms with E-state index in [4.69, 9.17) is 16.3 Å². The molecule has 2 heterocycles. The minimum absolute atomic E-state index is 0.0834. The van der Waals surface area contributed by atoms with E-state index in [1.54, 1.807) is 11.0 Å². The van der Waals surface area contributed by atoms with Crippen LogP contribution in [0.15, 0.2) is 48.5 Å². The van der Waals surface area contributed by atoms with E-state index >= 15 is 0 Å². The highest BCUT2D eigenvalue weighted by molar-refractivity contribution is 6.30. The van der Waals surface area contributed by atoms with Crippen molar-refractivity contribution in [2.45, 2.75) is 25.1 Å². The maximum atomic E-state index is 12.6. The van der Waals surface area contributed by atoms with Gasteiger partial charge in [0.15, 0.2) is 5.72 Å². The van der Waals surface area contributed by atoms with Crippen LogP contribution < -0.4 is 15.0 Å². The lowest BCUT2D eigenvalue weighted by atomic mass is 9.90. The van der Waals surface area contributed by atoms with Crippen LogP contribution in [0.25, 0.3) is 0 Å². The van der Waals surface area contributed by atoms with Crippen molar-refractivity contribution in [1.29, 1.82) is 0 Å². The van der Waals surface area contributed by atoms with Crippen molar-refractivity contribution in [3.05, 3.63) is 59.1 Å². The maximum absolute atomic E-state index is 12.6. The number of fused-ring (bicyclic) bond motifs is 4. The highest BCUT2D eigenvalue weighted by Gasteiger charge is 2.49. The van der Waals surface area contributed by atoms with Crippen LogP contribution in [0.4, 0.5) is 10.5 Å². The summed E-state index contributed by atoms with van der Waals surface area (Å²) in [6.45, 7) is 1.95. The Balaban J connectivity index is 1.81. The van der Waals surface area contributed by atoms with E-state index in [1.807, 2.05) is 49.4 Å². The molecule has 2 aromatic rings. The average molecular weight is 315 g/mol. The summed E-state index contributed by atoms with van der Waals surface area (Å²) in [6, 6.07) is 14.9. The minimum atomic E-state index is -0.713. The summed E-state index contributed by atoms with van der Waals surface area (Å²) in [5, 5.41) is 3.70. The lowest BCUT2D eigenvalue weighted by molar-refractivity contribution is 0.0379. The van der Waals surface area contributed by atoms with Crippen molar-refractivity contribution in [3.8, 4) is 5.75 Å². The first-order valence-electron chi connectivity index (χ1n) is 7.21. The molecular weight excluding hydrogens is 300 g/mol. The van der Waals surface area contributed by atoms with Crippen molar-refractivity contribution < 1.29 is 9.53 Å². The number of urea groups is 1.